The van der Waals surface area contributed by atoms with Gasteiger partial charge in [0.15, 0.2) is 11.6 Å². The van der Waals surface area contributed by atoms with Crippen LogP contribution in [-0.2, 0) is 0 Å². The van der Waals surface area contributed by atoms with Gasteiger partial charge in [-0.25, -0.2) is 4.39 Å². The molecule has 1 aliphatic rings. The normalized spacial score (nSPS) is 21.4. The van der Waals surface area contributed by atoms with E-state index in [-0.39, 0.29) is 11.8 Å². The van der Waals surface area contributed by atoms with Crippen molar-refractivity contribution in [3.63, 3.8) is 0 Å². The average molecular weight is 196 g/mol. The summed E-state index contributed by atoms with van der Waals surface area (Å²) in [7, 11) is 0. The van der Waals surface area contributed by atoms with Gasteiger partial charge in [-0.15, -0.1) is 0 Å². The number of benzene rings is 1. The van der Waals surface area contributed by atoms with Crippen LogP contribution >= 0.6 is 0 Å². The highest BCUT2D eigenvalue weighted by Crippen LogP contribution is 2.33. The van der Waals surface area contributed by atoms with Crippen molar-refractivity contribution in [1.29, 1.82) is 0 Å². The van der Waals surface area contributed by atoms with Crippen molar-refractivity contribution in [2.75, 3.05) is 12.3 Å². The van der Waals surface area contributed by atoms with Crippen molar-refractivity contribution >= 4 is 5.69 Å². The predicted molar refractivity (Wildman–Crippen MR) is 52.5 cm³/mol. The number of halogens is 1. The molecule has 4 N–H and O–H groups in total. The maximum absolute atomic E-state index is 13.1. The van der Waals surface area contributed by atoms with E-state index in [4.69, 9.17) is 5.73 Å². The summed E-state index contributed by atoms with van der Waals surface area (Å²) >= 11 is 0. The van der Waals surface area contributed by atoms with Crippen molar-refractivity contribution in [3.05, 3.63) is 23.5 Å². The fraction of sp³-hybridized carbons (Fsp3) is 0.400. The summed E-state index contributed by atoms with van der Waals surface area (Å²) in [6.45, 7) is 0.903. The van der Waals surface area contributed by atoms with Crippen molar-refractivity contribution < 1.29 is 9.50 Å². The van der Waals surface area contributed by atoms with Crippen LogP contribution in [0.15, 0.2) is 12.1 Å². The molecule has 76 valence electrons. The van der Waals surface area contributed by atoms with Gasteiger partial charge in [0, 0.05) is 23.4 Å². The predicted octanol–water partition coefficient (Wildman–Crippen LogP) is 1.54. The minimum atomic E-state index is -0.645. The molecule has 14 heavy (non-hydrogen) atoms. The van der Waals surface area contributed by atoms with E-state index in [1.165, 1.54) is 0 Å². The first-order valence-corrected chi connectivity index (χ1v) is 4.70. The highest BCUT2D eigenvalue weighted by Gasteiger charge is 2.21. The second-order valence-corrected chi connectivity index (χ2v) is 3.59. The van der Waals surface area contributed by atoms with E-state index in [1.54, 1.807) is 6.07 Å². The molecular weight excluding hydrogens is 183 g/mol. The van der Waals surface area contributed by atoms with Crippen LogP contribution in [-0.4, -0.2) is 11.7 Å². The molecule has 0 bridgehead atoms. The molecule has 3 nitrogen and oxygen atoms in total. The van der Waals surface area contributed by atoms with Gasteiger partial charge in [-0.05, 0) is 25.5 Å². The molecule has 1 atom stereocenters. The number of aromatic hydroxyl groups is 1. The molecule has 1 fully saturated rings. The summed E-state index contributed by atoms with van der Waals surface area (Å²) in [5, 5.41) is 12.7. The van der Waals surface area contributed by atoms with Gasteiger partial charge < -0.3 is 16.2 Å². The van der Waals surface area contributed by atoms with E-state index in [0.717, 1.165) is 25.5 Å². The molecule has 1 heterocycles. The van der Waals surface area contributed by atoms with Crippen molar-refractivity contribution in [3.8, 4) is 5.75 Å². The largest absolute Gasteiger partial charge is 0.505 e. The monoisotopic (exact) mass is 196 g/mol. The third-order valence-corrected chi connectivity index (χ3v) is 2.55. The van der Waals surface area contributed by atoms with Crippen LogP contribution in [0.3, 0.4) is 0 Å². The Kier molecular flexibility index (Phi) is 2.29. The SMILES string of the molecule is Nc1cc(F)c(O)c([C@@H]2CCCN2)c1. The molecule has 1 saturated heterocycles. The average Bonchev–Trinajstić information content (AvgIpc) is 2.63. The topological polar surface area (TPSA) is 58.3 Å². The van der Waals surface area contributed by atoms with Crippen LogP contribution in [0.5, 0.6) is 5.75 Å². The first-order valence-electron chi connectivity index (χ1n) is 4.70. The summed E-state index contributed by atoms with van der Waals surface area (Å²) in [4.78, 5) is 0. The zero-order valence-electron chi connectivity index (χ0n) is 7.76. The quantitative estimate of drug-likeness (QED) is 0.471. The molecule has 0 amide bonds. The Balaban J connectivity index is 2.40. The molecule has 1 aromatic carbocycles. The van der Waals surface area contributed by atoms with Gasteiger partial charge in [0.1, 0.15) is 0 Å². The van der Waals surface area contributed by atoms with Gasteiger partial charge >= 0.3 is 0 Å². The van der Waals surface area contributed by atoms with Gasteiger partial charge in [-0.1, -0.05) is 0 Å². The third kappa shape index (κ3) is 1.53. The van der Waals surface area contributed by atoms with E-state index in [2.05, 4.69) is 5.32 Å². The molecule has 2 rings (SSSR count). The number of nitrogen functional groups attached to an aromatic ring is 1. The third-order valence-electron chi connectivity index (χ3n) is 2.55. The van der Waals surface area contributed by atoms with Gasteiger partial charge in [-0.3, -0.25) is 0 Å². The Morgan fingerprint density at radius 1 is 1.50 bits per heavy atom. The van der Waals surface area contributed by atoms with Crippen LogP contribution in [0.1, 0.15) is 24.4 Å². The minimum Gasteiger partial charge on any atom is -0.505 e. The second-order valence-electron chi connectivity index (χ2n) is 3.59. The Bertz CT molecular complexity index is 348. The molecule has 0 radical (unpaired) electrons. The minimum absolute atomic E-state index is 0.0352. The molecule has 4 heteroatoms. The number of nitrogens with one attached hydrogen (secondary N) is 1. The number of rotatable bonds is 1. The van der Waals surface area contributed by atoms with Gasteiger partial charge in [0.05, 0.1) is 0 Å². The lowest BCUT2D eigenvalue weighted by Gasteiger charge is -2.13. The summed E-state index contributed by atoms with van der Waals surface area (Å²) < 4.78 is 13.1. The fourth-order valence-electron chi connectivity index (χ4n) is 1.86. The summed E-state index contributed by atoms with van der Waals surface area (Å²) in [5.74, 6) is -0.924. The first-order chi connectivity index (χ1) is 6.68. The Morgan fingerprint density at radius 3 is 2.93 bits per heavy atom. The summed E-state index contributed by atoms with van der Waals surface area (Å²) in [6.07, 6.45) is 1.96. The van der Waals surface area contributed by atoms with Crippen molar-refractivity contribution in [2.45, 2.75) is 18.9 Å². The lowest BCUT2D eigenvalue weighted by molar-refractivity contribution is 0.418. The highest BCUT2D eigenvalue weighted by molar-refractivity contribution is 5.49. The van der Waals surface area contributed by atoms with Crippen LogP contribution in [0.2, 0.25) is 0 Å². The number of anilines is 1. The smallest absolute Gasteiger partial charge is 0.167 e. The Hall–Kier alpha value is -1.29. The van der Waals surface area contributed by atoms with Crippen LogP contribution in [0, 0.1) is 5.82 Å². The summed E-state index contributed by atoms with van der Waals surface area (Å²) in [5.41, 5.74) is 6.44. The zero-order chi connectivity index (χ0) is 10.1. The van der Waals surface area contributed by atoms with Crippen LogP contribution in [0.4, 0.5) is 10.1 Å². The molecule has 0 spiro atoms. The molecule has 0 aliphatic carbocycles. The molecule has 0 aromatic heterocycles. The first kappa shape index (κ1) is 9.27. The van der Waals surface area contributed by atoms with E-state index in [1.807, 2.05) is 0 Å². The Labute approximate surface area is 81.7 Å². The van der Waals surface area contributed by atoms with Crippen molar-refractivity contribution in [2.24, 2.45) is 0 Å². The van der Waals surface area contributed by atoms with Gasteiger partial charge in [0.25, 0.3) is 0 Å². The van der Waals surface area contributed by atoms with E-state index >= 15 is 0 Å². The Morgan fingerprint density at radius 2 is 2.29 bits per heavy atom. The number of nitrogens with two attached hydrogens (primary N) is 1. The fourth-order valence-corrected chi connectivity index (χ4v) is 1.86. The van der Waals surface area contributed by atoms with E-state index in [9.17, 15) is 9.50 Å². The highest BCUT2D eigenvalue weighted by atomic mass is 19.1. The van der Waals surface area contributed by atoms with Gasteiger partial charge in [-0.2, -0.15) is 0 Å². The number of phenols is 1. The van der Waals surface area contributed by atoms with Crippen LogP contribution in [0.25, 0.3) is 0 Å². The zero-order valence-corrected chi connectivity index (χ0v) is 7.76. The second kappa shape index (κ2) is 3.46. The number of hydrogen-bond donors (Lipinski definition) is 3. The number of hydrogen-bond acceptors (Lipinski definition) is 3. The van der Waals surface area contributed by atoms with E-state index < -0.39 is 5.82 Å². The molecule has 0 unspecified atom stereocenters. The molecule has 1 aliphatic heterocycles. The maximum atomic E-state index is 13.1. The molecule has 0 saturated carbocycles. The van der Waals surface area contributed by atoms with Crippen LogP contribution < -0.4 is 11.1 Å². The van der Waals surface area contributed by atoms with E-state index in [0.29, 0.717) is 11.3 Å². The lowest BCUT2D eigenvalue weighted by Crippen LogP contribution is -2.13. The standard InChI is InChI=1S/C10H13FN2O/c11-8-5-6(12)4-7(10(8)14)9-2-1-3-13-9/h4-5,9,13-14H,1-3,12H2/t9-/m0/s1. The van der Waals surface area contributed by atoms with Gasteiger partial charge in [0.2, 0.25) is 0 Å². The number of phenolic OH excluding ortho intramolecular Hbond substituents is 1. The van der Waals surface area contributed by atoms with Crippen molar-refractivity contribution in [1.82, 2.24) is 5.32 Å². The molecule has 1 aromatic rings. The lowest BCUT2D eigenvalue weighted by atomic mass is 10.0. The molecular formula is C10H13FN2O. The maximum Gasteiger partial charge on any atom is 0.167 e. The summed E-state index contributed by atoms with van der Waals surface area (Å²) in [6, 6.07) is 2.79.